The summed E-state index contributed by atoms with van der Waals surface area (Å²) < 4.78 is 124. The van der Waals surface area contributed by atoms with E-state index in [0.717, 1.165) is 0 Å². The third kappa shape index (κ3) is 2.51. The van der Waals surface area contributed by atoms with Crippen LogP contribution < -0.4 is 0 Å². The largest absolute Gasteiger partial charge is 0.449 e. The zero-order valence-corrected chi connectivity index (χ0v) is 17.3. The Kier molecular flexibility index (Phi) is 4.90. The molecule has 4 fully saturated rings. The van der Waals surface area contributed by atoms with Crippen LogP contribution in [0.1, 0.15) is 53.9 Å². The van der Waals surface area contributed by atoms with Crippen LogP contribution in [-0.2, 0) is 9.53 Å². The molecule has 0 aromatic heterocycles. The lowest BCUT2D eigenvalue weighted by Crippen LogP contribution is -2.93. The first-order chi connectivity index (χ1) is 13.4. The lowest BCUT2D eigenvalue weighted by Gasteiger charge is -2.67. The number of hydrogen-bond acceptors (Lipinski definition) is 2. The van der Waals surface area contributed by atoms with E-state index in [1.165, 1.54) is 13.8 Å². The van der Waals surface area contributed by atoms with Crippen LogP contribution in [0.4, 0.5) is 35.1 Å². The second-order valence-corrected chi connectivity index (χ2v) is 10.6. The van der Waals surface area contributed by atoms with E-state index >= 15 is 26.3 Å². The molecule has 0 aromatic carbocycles. The highest BCUT2D eigenvalue weighted by Gasteiger charge is 2.94. The summed E-state index contributed by atoms with van der Waals surface area (Å²) in [6.45, 7) is 8.07. The van der Waals surface area contributed by atoms with Gasteiger partial charge >= 0.3 is 5.97 Å². The van der Waals surface area contributed by atoms with E-state index < -0.39 is 76.7 Å². The third-order valence-corrected chi connectivity index (χ3v) is 7.04. The van der Waals surface area contributed by atoms with Crippen molar-refractivity contribution in [1.29, 1.82) is 0 Å². The van der Waals surface area contributed by atoms with Gasteiger partial charge in [-0.15, -0.1) is 0 Å². The maximum absolute atomic E-state index is 15.1. The fraction of sp³-hybridized carbons (Fsp3) is 0.950. The Morgan fingerprint density at radius 3 is 1.67 bits per heavy atom. The number of esters is 1. The van der Waals surface area contributed by atoms with Crippen LogP contribution in [0.2, 0.25) is 0 Å². The molecule has 8 atom stereocenters. The minimum absolute atomic E-state index is 0.0316. The molecule has 4 bridgehead atoms. The molecule has 8 unspecified atom stereocenters. The van der Waals surface area contributed by atoms with Gasteiger partial charge in [-0.25, -0.2) is 35.1 Å². The van der Waals surface area contributed by atoms with Crippen molar-refractivity contribution in [3.63, 3.8) is 0 Å². The van der Waals surface area contributed by atoms with E-state index in [0.29, 0.717) is 0 Å². The summed E-state index contributed by atoms with van der Waals surface area (Å²) in [4.78, 5) is 12.9. The number of carbonyl (C=O) groups is 1. The van der Waals surface area contributed by atoms with E-state index in [1.54, 1.807) is 20.8 Å². The Bertz CT molecular complexity index is 713. The first-order valence-corrected chi connectivity index (χ1v) is 9.88. The molecule has 174 valence electrons. The summed E-state index contributed by atoms with van der Waals surface area (Å²) in [6.07, 6.45) is -20.3. The van der Waals surface area contributed by atoms with Gasteiger partial charge in [0.25, 0.3) is 0 Å². The van der Waals surface area contributed by atoms with Gasteiger partial charge in [-0.2, -0.15) is 0 Å². The van der Waals surface area contributed by atoms with Crippen LogP contribution in [0.15, 0.2) is 0 Å². The van der Waals surface area contributed by atoms with Crippen molar-refractivity contribution < 1.29 is 44.7 Å². The van der Waals surface area contributed by atoms with E-state index in [-0.39, 0.29) is 12.8 Å². The number of halogens is 8. The second-order valence-electron chi connectivity index (χ2n) is 10.6. The van der Waals surface area contributed by atoms with Crippen molar-refractivity contribution in [2.24, 2.45) is 10.8 Å². The summed E-state index contributed by atoms with van der Waals surface area (Å²) >= 11 is 0. The highest BCUT2D eigenvalue weighted by atomic mass is 19.2. The lowest BCUT2D eigenvalue weighted by atomic mass is 9.46. The molecule has 0 amide bonds. The maximum Gasteiger partial charge on any atom is 0.312 e. The monoisotopic (exact) mass is 450 g/mol. The van der Waals surface area contributed by atoms with Crippen LogP contribution in [0.5, 0.6) is 0 Å². The van der Waals surface area contributed by atoms with Gasteiger partial charge in [-0.1, -0.05) is 27.7 Å². The smallest absolute Gasteiger partial charge is 0.312 e. The van der Waals surface area contributed by atoms with E-state index in [9.17, 15) is 13.6 Å². The number of ether oxygens (including phenoxy) is 1. The molecule has 0 heterocycles. The summed E-state index contributed by atoms with van der Waals surface area (Å²) in [5, 5.41) is 0. The Balaban J connectivity index is 2.12. The molecule has 0 aliphatic heterocycles. The van der Waals surface area contributed by atoms with Crippen LogP contribution in [0.3, 0.4) is 0 Å². The molecule has 0 N–H and O–H groups in total. The van der Waals surface area contributed by atoms with E-state index in [1.807, 2.05) is 0 Å². The average molecular weight is 450 g/mol. The topological polar surface area (TPSA) is 26.3 Å². The van der Waals surface area contributed by atoms with Crippen molar-refractivity contribution >= 4 is 5.97 Å². The van der Waals surface area contributed by atoms with E-state index in [2.05, 4.69) is 0 Å². The van der Waals surface area contributed by atoms with Gasteiger partial charge in [0.2, 0.25) is 11.3 Å². The molecule has 30 heavy (non-hydrogen) atoms. The molecule has 0 aromatic rings. The molecule has 0 radical (unpaired) electrons. The molecule has 10 heteroatoms. The number of hydrogen-bond donors (Lipinski definition) is 0. The molecular formula is C20H26F8O2. The fourth-order valence-electron chi connectivity index (χ4n) is 5.58. The van der Waals surface area contributed by atoms with Gasteiger partial charge < -0.3 is 4.74 Å². The third-order valence-electron chi connectivity index (χ3n) is 7.04. The molecule has 4 rings (SSSR count). The Morgan fingerprint density at radius 2 is 1.30 bits per heavy atom. The molecule has 4 aliphatic carbocycles. The zero-order chi connectivity index (χ0) is 23.3. The molecule has 2 nitrogen and oxygen atoms in total. The molecule has 0 saturated heterocycles. The van der Waals surface area contributed by atoms with Gasteiger partial charge in [0.1, 0.15) is 0 Å². The van der Waals surface area contributed by atoms with Crippen molar-refractivity contribution in [2.75, 3.05) is 0 Å². The second kappa shape index (κ2) is 6.24. The Morgan fingerprint density at radius 1 is 0.867 bits per heavy atom. The Hall–Kier alpha value is -1.09. The standard InChI is InChI=1S/C20H26F8O2/c1-6-16(5,7-15(2,3)4)14(29)30-20-11(23)17(26)8-18(27,12(20)24)10(22)19(28,9(17)21)13(20)25/h9-13H,6-8H2,1-5H3. The summed E-state index contributed by atoms with van der Waals surface area (Å²) in [6, 6.07) is 0. The average Bonchev–Trinajstić information content (AvgIpc) is 2.64. The minimum atomic E-state index is -4.54. The predicted molar refractivity (Wildman–Crippen MR) is 91.9 cm³/mol. The van der Waals surface area contributed by atoms with Crippen LogP contribution in [0, 0.1) is 10.8 Å². The van der Waals surface area contributed by atoms with Crippen LogP contribution in [-0.4, -0.2) is 59.4 Å². The normalized spacial score (nSPS) is 52.2. The molecular weight excluding hydrogens is 424 g/mol. The van der Waals surface area contributed by atoms with Crippen molar-refractivity contribution in [3.8, 4) is 0 Å². The van der Waals surface area contributed by atoms with Gasteiger partial charge in [-0.05, 0) is 25.2 Å². The maximum atomic E-state index is 15.1. The van der Waals surface area contributed by atoms with Crippen LogP contribution >= 0.6 is 0 Å². The summed E-state index contributed by atoms with van der Waals surface area (Å²) in [7, 11) is 0. The fourth-order valence-corrected chi connectivity index (χ4v) is 5.58. The summed E-state index contributed by atoms with van der Waals surface area (Å²) in [5.41, 5.74) is -18.7. The zero-order valence-electron chi connectivity index (χ0n) is 17.3. The first-order valence-electron chi connectivity index (χ1n) is 9.88. The van der Waals surface area contributed by atoms with Crippen molar-refractivity contribution in [1.82, 2.24) is 0 Å². The minimum Gasteiger partial charge on any atom is -0.449 e. The molecule has 0 spiro atoms. The highest BCUT2D eigenvalue weighted by molar-refractivity contribution is 5.77. The van der Waals surface area contributed by atoms with Gasteiger partial charge in [-0.3, -0.25) is 4.79 Å². The predicted octanol–water partition coefficient (Wildman–Crippen LogP) is 5.37. The van der Waals surface area contributed by atoms with Gasteiger partial charge in [0, 0.05) is 6.42 Å². The summed E-state index contributed by atoms with van der Waals surface area (Å²) in [5.74, 6) is -1.42. The van der Waals surface area contributed by atoms with Crippen LogP contribution in [0.25, 0.3) is 0 Å². The number of rotatable bonds is 4. The van der Waals surface area contributed by atoms with E-state index in [4.69, 9.17) is 4.74 Å². The SMILES string of the molecule is CCC(C)(CC(C)(C)C)C(=O)OC12C(F)C3(F)CC(F)(C(F)C(F)(C3F)C1F)C2F. The first kappa shape index (κ1) is 23.6. The quantitative estimate of drug-likeness (QED) is 0.426. The number of carbonyl (C=O) groups excluding carboxylic acids is 1. The molecule has 4 saturated carbocycles. The van der Waals surface area contributed by atoms with Gasteiger partial charge in [0.15, 0.2) is 42.2 Å². The Labute approximate surface area is 169 Å². The van der Waals surface area contributed by atoms with Gasteiger partial charge in [0.05, 0.1) is 5.41 Å². The number of alkyl halides is 8. The van der Waals surface area contributed by atoms with Crippen molar-refractivity contribution in [2.45, 2.75) is 107 Å². The highest BCUT2D eigenvalue weighted by Crippen LogP contribution is 2.70. The van der Waals surface area contributed by atoms with Crippen molar-refractivity contribution in [3.05, 3.63) is 0 Å². The molecule has 4 aliphatic rings. The lowest BCUT2D eigenvalue weighted by molar-refractivity contribution is -0.383.